The van der Waals surface area contributed by atoms with Gasteiger partial charge in [0, 0.05) is 28.3 Å². The first-order valence-corrected chi connectivity index (χ1v) is 12.1. The molecule has 0 saturated heterocycles. The zero-order valence-electron chi connectivity index (χ0n) is 18.3. The fourth-order valence-electron chi connectivity index (χ4n) is 3.49. The van der Waals surface area contributed by atoms with Crippen LogP contribution in [0.25, 0.3) is 11.3 Å². The Hall–Kier alpha value is -2.64. The van der Waals surface area contributed by atoms with Crippen molar-refractivity contribution < 1.29 is 9.53 Å². The lowest BCUT2D eigenvalue weighted by Crippen LogP contribution is -2.37. The van der Waals surface area contributed by atoms with E-state index < -0.39 is 6.23 Å². The zero-order chi connectivity index (χ0) is 22.7. The number of halogens is 1. The minimum absolute atomic E-state index is 0.0718. The highest BCUT2D eigenvalue weighted by Gasteiger charge is 2.35. The van der Waals surface area contributed by atoms with Crippen LogP contribution in [0.2, 0.25) is 5.02 Å². The normalized spacial score (nSPS) is 14.9. The predicted octanol–water partition coefficient (Wildman–Crippen LogP) is 6.23. The summed E-state index contributed by atoms with van der Waals surface area (Å²) in [6, 6.07) is 13.3. The topological polar surface area (TPSA) is 68.2 Å². The van der Waals surface area contributed by atoms with E-state index in [0.29, 0.717) is 39.4 Å². The van der Waals surface area contributed by atoms with Crippen molar-refractivity contribution in [2.45, 2.75) is 51.4 Å². The molecule has 0 fully saturated rings. The van der Waals surface area contributed by atoms with Crippen LogP contribution in [0.4, 0.5) is 5.69 Å². The molecule has 0 unspecified atom stereocenters. The van der Waals surface area contributed by atoms with E-state index in [1.807, 2.05) is 44.2 Å². The number of carbonyl (C=O) groups is 1. The Kier molecular flexibility index (Phi) is 6.96. The second-order valence-corrected chi connectivity index (χ2v) is 9.11. The van der Waals surface area contributed by atoms with Crippen LogP contribution in [0.15, 0.2) is 47.6 Å². The lowest BCUT2D eigenvalue weighted by Gasteiger charge is -2.30. The van der Waals surface area contributed by atoms with Crippen molar-refractivity contribution >= 4 is 35.0 Å². The van der Waals surface area contributed by atoms with E-state index in [4.69, 9.17) is 16.3 Å². The molecule has 8 heteroatoms. The van der Waals surface area contributed by atoms with Crippen molar-refractivity contribution in [1.82, 2.24) is 15.2 Å². The molecule has 0 saturated carbocycles. The molecule has 0 N–H and O–H groups in total. The van der Waals surface area contributed by atoms with E-state index in [1.54, 1.807) is 28.8 Å². The van der Waals surface area contributed by atoms with Gasteiger partial charge in [-0.2, -0.15) is 4.98 Å². The maximum absolute atomic E-state index is 13.2. The van der Waals surface area contributed by atoms with Crippen LogP contribution in [0, 0.1) is 6.92 Å². The van der Waals surface area contributed by atoms with Crippen molar-refractivity contribution in [3.8, 4) is 17.1 Å². The fourth-order valence-corrected chi connectivity index (χ4v) is 4.53. The SMILES string of the molecule is CCCCSc1nnc2c(n1)O[C@@H](c1ccc(C)cc1)N(C(=O)CC)c1ccc(Cl)cc1-2. The fraction of sp³-hybridized carbons (Fsp3) is 0.333. The van der Waals surface area contributed by atoms with Crippen LogP contribution < -0.4 is 9.64 Å². The molecule has 1 aromatic heterocycles. The second kappa shape index (κ2) is 9.88. The van der Waals surface area contributed by atoms with Gasteiger partial charge >= 0.3 is 0 Å². The first kappa shape index (κ1) is 22.6. The van der Waals surface area contributed by atoms with E-state index in [1.165, 1.54) is 0 Å². The van der Waals surface area contributed by atoms with E-state index >= 15 is 0 Å². The number of fused-ring (bicyclic) bond motifs is 3. The van der Waals surface area contributed by atoms with Gasteiger partial charge in [0.15, 0.2) is 5.69 Å². The quantitative estimate of drug-likeness (QED) is 0.315. The van der Waals surface area contributed by atoms with E-state index in [0.717, 1.165) is 29.7 Å². The summed E-state index contributed by atoms with van der Waals surface area (Å²) in [4.78, 5) is 19.5. The average molecular weight is 469 g/mol. The van der Waals surface area contributed by atoms with Gasteiger partial charge in [0.1, 0.15) is 0 Å². The maximum atomic E-state index is 13.2. The molecule has 0 aliphatic carbocycles. The molecule has 4 rings (SSSR count). The van der Waals surface area contributed by atoms with Gasteiger partial charge in [0.05, 0.1) is 5.69 Å². The molecule has 2 heterocycles. The zero-order valence-corrected chi connectivity index (χ0v) is 19.9. The minimum atomic E-state index is -0.686. The van der Waals surface area contributed by atoms with Gasteiger partial charge in [-0.05, 0) is 31.5 Å². The Balaban J connectivity index is 1.88. The molecule has 0 radical (unpaired) electrons. The van der Waals surface area contributed by atoms with Gasteiger partial charge in [0.25, 0.3) is 0 Å². The number of aromatic nitrogens is 3. The first-order chi connectivity index (χ1) is 15.5. The highest BCUT2D eigenvalue weighted by atomic mass is 35.5. The lowest BCUT2D eigenvalue weighted by molar-refractivity contribution is -0.120. The molecule has 166 valence electrons. The summed E-state index contributed by atoms with van der Waals surface area (Å²) in [5, 5.41) is 9.85. The van der Waals surface area contributed by atoms with Gasteiger partial charge in [-0.15, -0.1) is 10.2 Å². The second-order valence-electron chi connectivity index (χ2n) is 7.61. The third-order valence-corrected chi connectivity index (χ3v) is 6.39. The van der Waals surface area contributed by atoms with Gasteiger partial charge in [0.2, 0.25) is 23.2 Å². The third-order valence-electron chi connectivity index (χ3n) is 5.23. The van der Waals surface area contributed by atoms with Gasteiger partial charge in [-0.3, -0.25) is 9.69 Å². The lowest BCUT2D eigenvalue weighted by atomic mass is 10.1. The van der Waals surface area contributed by atoms with Gasteiger partial charge in [-0.1, -0.05) is 73.5 Å². The number of hydrogen-bond acceptors (Lipinski definition) is 6. The number of rotatable bonds is 6. The van der Waals surface area contributed by atoms with Crippen LogP contribution >= 0.6 is 23.4 Å². The van der Waals surface area contributed by atoms with Crippen LogP contribution in [0.3, 0.4) is 0 Å². The summed E-state index contributed by atoms with van der Waals surface area (Å²) in [5.74, 6) is 1.18. The van der Waals surface area contributed by atoms with Gasteiger partial charge < -0.3 is 4.74 Å². The smallest absolute Gasteiger partial charge is 0.247 e. The summed E-state index contributed by atoms with van der Waals surface area (Å²) in [6.07, 6.45) is 1.79. The number of unbranched alkanes of at least 4 members (excludes halogenated alkanes) is 1. The molecule has 1 amide bonds. The highest BCUT2D eigenvalue weighted by molar-refractivity contribution is 7.99. The Morgan fingerprint density at radius 1 is 1.16 bits per heavy atom. The number of hydrogen-bond donors (Lipinski definition) is 0. The summed E-state index contributed by atoms with van der Waals surface area (Å²) in [7, 11) is 0. The monoisotopic (exact) mass is 468 g/mol. The number of anilines is 1. The molecule has 1 atom stereocenters. The Morgan fingerprint density at radius 3 is 2.66 bits per heavy atom. The summed E-state index contributed by atoms with van der Waals surface area (Å²) < 4.78 is 6.42. The minimum Gasteiger partial charge on any atom is -0.447 e. The summed E-state index contributed by atoms with van der Waals surface area (Å²) in [5.41, 5.74) is 3.81. The third kappa shape index (κ3) is 4.59. The van der Waals surface area contributed by atoms with Crippen LogP contribution in [-0.2, 0) is 4.79 Å². The summed E-state index contributed by atoms with van der Waals surface area (Å²) in [6.45, 7) is 6.00. The molecule has 2 aromatic carbocycles. The molecule has 6 nitrogen and oxygen atoms in total. The molecule has 1 aliphatic heterocycles. The molecular formula is C24H25ClN4O2S. The largest absolute Gasteiger partial charge is 0.447 e. The maximum Gasteiger partial charge on any atom is 0.247 e. The van der Waals surface area contributed by atoms with Crippen molar-refractivity contribution in [3.05, 3.63) is 58.6 Å². The Bertz CT molecular complexity index is 1120. The highest BCUT2D eigenvalue weighted by Crippen LogP contribution is 2.44. The van der Waals surface area contributed by atoms with Crippen molar-refractivity contribution in [3.63, 3.8) is 0 Å². The van der Waals surface area contributed by atoms with Crippen LogP contribution in [0.5, 0.6) is 5.88 Å². The van der Waals surface area contributed by atoms with Crippen LogP contribution in [-0.4, -0.2) is 26.8 Å². The number of carbonyl (C=O) groups excluding carboxylic acids is 1. The number of thioether (sulfide) groups is 1. The average Bonchev–Trinajstić information content (AvgIpc) is 2.93. The summed E-state index contributed by atoms with van der Waals surface area (Å²) >= 11 is 7.88. The van der Waals surface area contributed by atoms with Crippen molar-refractivity contribution in [1.29, 1.82) is 0 Å². The predicted molar refractivity (Wildman–Crippen MR) is 128 cm³/mol. The molecule has 0 bridgehead atoms. The Morgan fingerprint density at radius 2 is 1.94 bits per heavy atom. The number of ether oxygens (including phenoxy) is 1. The van der Waals surface area contributed by atoms with Crippen molar-refractivity contribution in [2.24, 2.45) is 0 Å². The standard InChI is InChI=1S/C24H25ClN4O2S/c1-4-6-13-32-24-26-22-21(27-28-24)18-14-17(25)11-12-19(18)29(20(30)5-2)23(31-22)16-9-7-15(3)8-10-16/h7-12,14,23H,4-6,13H2,1-3H3/t23-/m0/s1. The number of aryl methyl sites for hydroxylation is 1. The first-order valence-electron chi connectivity index (χ1n) is 10.7. The van der Waals surface area contributed by atoms with E-state index in [-0.39, 0.29) is 5.91 Å². The molecular weight excluding hydrogens is 444 g/mol. The van der Waals surface area contributed by atoms with E-state index in [9.17, 15) is 4.79 Å². The molecule has 0 spiro atoms. The van der Waals surface area contributed by atoms with Crippen LogP contribution in [0.1, 0.15) is 50.5 Å². The number of amides is 1. The van der Waals surface area contributed by atoms with Gasteiger partial charge in [-0.25, -0.2) is 0 Å². The molecule has 1 aliphatic rings. The molecule has 32 heavy (non-hydrogen) atoms. The number of nitrogens with zero attached hydrogens (tertiary/aromatic N) is 4. The van der Waals surface area contributed by atoms with Crippen molar-refractivity contribution in [2.75, 3.05) is 10.7 Å². The number of benzene rings is 2. The Labute approximate surface area is 197 Å². The van der Waals surface area contributed by atoms with E-state index in [2.05, 4.69) is 22.1 Å². The molecule has 3 aromatic rings.